The molecule has 0 radical (unpaired) electrons. The van der Waals surface area contributed by atoms with E-state index in [9.17, 15) is 12.8 Å². The molecule has 0 unspecified atom stereocenters. The van der Waals surface area contributed by atoms with Crippen molar-refractivity contribution in [3.8, 4) is 0 Å². The average molecular weight is 481 g/mol. The van der Waals surface area contributed by atoms with Gasteiger partial charge in [0.15, 0.2) is 5.82 Å². The summed E-state index contributed by atoms with van der Waals surface area (Å²) in [5, 5.41) is 5.03. The monoisotopic (exact) mass is 480 g/mol. The minimum Gasteiger partial charge on any atom is -0.374 e. The van der Waals surface area contributed by atoms with E-state index in [1.54, 1.807) is 0 Å². The fraction of sp³-hybridized carbons (Fsp3) is 0.286. The molecule has 0 saturated heterocycles. The quantitative estimate of drug-likeness (QED) is 0.479. The Morgan fingerprint density at radius 3 is 2.65 bits per heavy atom. The Kier molecular flexibility index (Phi) is 5.95. The van der Waals surface area contributed by atoms with Crippen LogP contribution in [0.2, 0.25) is 5.02 Å². The van der Waals surface area contributed by atoms with Gasteiger partial charge in [-0.25, -0.2) is 17.8 Å². The largest absolute Gasteiger partial charge is 0.374 e. The second-order valence-corrected chi connectivity index (χ2v) is 10.6. The van der Waals surface area contributed by atoms with Crippen LogP contribution in [0.4, 0.5) is 15.9 Å². The van der Waals surface area contributed by atoms with Crippen molar-refractivity contribution < 1.29 is 12.8 Å². The molecule has 2 N–H and O–H groups in total. The zero-order chi connectivity index (χ0) is 22.2. The van der Waals surface area contributed by atoms with Gasteiger partial charge < -0.3 is 10.2 Å². The maximum absolute atomic E-state index is 14.9. The van der Waals surface area contributed by atoms with Crippen molar-refractivity contribution in [1.82, 2.24) is 9.88 Å². The Hall–Kier alpha value is -2.20. The van der Waals surface area contributed by atoms with E-state index >= 15 is 0 Å². The number of benzene rings is 2. The lowest BCUT2D eigenvalue weighted by atomic mass is 9.97. The number of anilines is 2. The first-order valence-corrected chi connectivity index (χ1v) is 12.4. The van der Waals surface area contributed by atoms with Crippen LogP contribution in [0.25, 0.3) is 0 Å². The molecule has 31 heavy (non-hydrogen) atoms. The molecule has 0 aliphatic heterocycles. The van der Waals surface area contributed by atoms with Gasteiger partial charge in [0, 0.05) is 11.9 Å². The van der Waals surface area contributed by atoms with Gasteiger partial charge in [0.1, 0.15) is 10.7 Å². The topological polar surface area (TPSA) is 74.3 Å². The summed E-state index contributed by atoms with van der Waals surface area (Å²) in [6, 6.07) is 10.4. The highest BCUT2D eigenvalue weighted by Crippen LogP contribution is 2.50. The predicted molar refractivity (Wildman–Crippen MR) is 123 cm³/mol. The van der Waals surface area contributed by atoms with Gasteiger partial charge in [0.05, 0.1) is 21.8 Å². The number of nitrogens with one attached hydrogen (secondary N) is 2. The fourth-order valence-electron chi connectivity index (χ4n) is 3.60. The SMILES string of the molecule is CN(C)Cc1ccccc1C1(Nc2cc(F)c(S(=O)(=O)Nc3cscn3)cc2Cl)CC1. The minimum absolute atomic E-state index is 0.136. The Labute approximate surface area is 190 Å². The molecule has 1 aliphatic rings. The molecule has 0 amide bonds. The molecular formula is C21H22ClFN4O2S2. The van der Waals surface area contributed by atoms with E-state index < -0.39 is 20.7 Å². The van der Waals surface area contributed by atoms with Crippen LogP contribution in [0.1, 0.15) is 24.0 Å². The van der Waals surface area contributed by atoms with Gasteiger partial charge in [-0.15, -0.1) is 11.3 Å². The molecular weight excluding hydrogens is 459 g/mol. The third kappa shape index (κ3) is 4.69. The number of halogens is 2. The molecule has 1 aromatic heterocycles. The third-order valence-corrected chi connectivity index (χ3v) is 7.39. The Bertz CT molecular complexity index is 1200. The van der Waals surface area contributed by atoms with E-state index in [0.717, 1.165) is 37.1 Å². The molecule has 2 aromatic carbocycles. The molecule has 3 aromatic rings. The van der Waals surface area contributed by atoms with Crippen LogP contribution in [-0.2, 0) is 22.1 Å². The van der Waals surface area contributed by atoms with E-state index in [4.69, 9.17) is 11.6 Å². The Morgan fingerprint density at radius 1 is 1.26 bits per heavy atom. The van der Waals surface area contributed by atoms with Crippen molar-refractivity contribution in [2.75, 3.05) is 24.1 Å². The van der Waals surface area contributed by atoms with Crippen molar-refractivity contribution in [3.63, 3.8) is 0 Å². The summed E-state index contributed by atoms with van der Waals surface area (Å²) in [5.41, 5.74) is 3.83. The minimum atomic E-state index is -4.15. The number of hydrogen-bond acceptors (Lipinski definition) is 6. The van der Waals surface area contributed by atoms with Gasteiger partial charge >= 0.3 is 0 Å². The average Bonchev–Trinajstić information content (AvgIpc) is 3.30. The molecule has 10 heteroatoms. The second-order valence-electron chi connectivity index (χ2n) is 7.84. The molecule has 4 rings (SSSR count). The molecule has 1 heterocycles. The molecule has 6 nitrogen and oxygen atoms in total. The zero-order valence-corrected chi connectivity index (χ0v) is 19.4. The molecule has 0 bridgehead atoms. The Balaban J connectivity index is 1.63. The first-order valence-electron chi connectivity index (χ1n) is 9.61. The third-order valence-electron chi connectivity index (χ3n) is 5.13. The molecule has 1 aliphatic carbocycles. The zero-order valence-electron chi connectivity index (χ0n) is 17.0. The van der Waals surface area contributed by atoms with Crippen LogP contribution in [0.3, 0.4) is 0 Å². The number of aromatic nitrogens is 1. The molecule has 1 fully saturated rings. The number of thiazole rings is 1. The van der Waals surface area contributed by atoms with Crippen LogP contribution in [0.15, 0.2) is 52.2 Å². The summed E-state index contributed by atoms with van der Waals surface area (Å²) < 4.78 is 42.3. The highest BCUT2D eigenvalue weighted by molar-refractivity contribution is 7.92. The molecule has 164 valence electrons. The summed E-state index contributed by atoms with van der Waals surface area (Å²) in [7, 11) is -0.135. The predicted octanol–water partition coefficient (Wildman–Crippen LogP) is 4.90. The van der Waals surface area contributed by atoms with Gasteiger partial charge in [-0.05, 0) is 50.2 Å². The number of hydrogen-bond donors (Lipinski definition) is 2. The first kappa shape index (κ1) is 22.0. The summed E-state index contributed by atoms with van der Waals surface area (Å²) in [4.78, 5) is 5.45. The Morgan fingerprint density at radius 2 is 2.00 bits per heavy atom. The van der Waals surface area contributed by atoms with E-state index in [0.29, 0.717) is 5.69 Å². The lowest BCUT2D eigenvalue weighted by Crippen LogP contribution is -2.23. The van der Waals surface area contributed by atoms with Gasteiger partial charge in [0.25, 0.3) is 10.0 Å². The van der Waals surface area contributed by atoms with Crippen molar-refractivity contribution in [1.29, 1.82) is 0 Å². The van der Waals surface area contributed by atoms with Crippen LogP contribution in [-0.4, -0.2) is 32.4 Å². The summed E-state index contributed by atoms with van der Waals surface area (Å²) in [6.45, 7) is 0.779. The number of nitrogens with zero attached hydrogens (tertiary/aromatic N) is 2. The highest BCUT2D eigenvalue weighted by Gasteiger charge is 2.46. The van der Waals surface area contributed by atoms with Crippen LogP contribution >= 0.6 is 22.9 Å². The second kappa shape index (κ2) is 8.38. The van der Waals surface area contributed by atoms with Gasteiger partial charge in [-0.1, -0.05) is 35.9 Å². The van der Waals surface area contributed by atoms with Crippen LogP contribution in [0, 0.1) is 5.82 Å². The summed E-state index contributed by atoms with van der Waals surface area (Å²) >= 11 is 7.62. The normalized spacial score (nSPS) is 15.1. The highest BCUT2D eigenvalue weighted by atomic mass is 35.5. The van der Waals surface area contributed by atoms with Crippen molar-refractivity contribution >= 4 is 44.5 Å². The maximum Gasteiger partial charge on any atom is 0.266 e. The van der Waals surface area contributed by atoms with Crippen LogP contribution in [0.5, 0.6) is 0 Å². The van der Waals surface area contributed by atoms with Crippen LogP contribution < -0.4 is 10.0 Å². The first-order chi connectivity index (χ1) is 14.7. The van der Waals surface area contributed by atoms with E-state index in [1.165, 1.54) is 27.8 Å². The maximum atomic E-state index is 14.9. The molecule has 0 spiro atoms. The van der Waals surface area contributed by atoms with Gasteiger partial charge in [-0.3, -0.25) is 4.72 Å². The van der Waals surface area contributed by atoms with Gasteiger partial charge in [-0.2, -0.15) is 0 Å². The van der Waals surface area contributed by atoms with Gasteiger partial charge in [0.2, 0.25) is 0 Å². The van der Waals surface area contributed by atoms with E-state index in [-0.39, 0.29) is 16.4 Å². The fourth-order valence-corrected chi connectivity index (χ4v) is 5.52. The number of rotatable bonds is 8. The van der Waals surface area contributed by atoms with Crippen molar-refractivity contribution in [3.05, 3.63) is 69.3 Å². The lowest BCUT2D eigenvalue weighted by Gasteiger charge is -2.24. The summed E-state index contributed by atoms with van der Waals surface area (Å²) in [6.07, 6.45) is 1.75. The van der Waals surface area contributed by atoms with Crippen molar-refractivity contribution in [2.24, 2.45) is 0 Å². The molecule has 0 atom stereocenters. The molecule has 1 saturated carbocycles. The lowest BCUT2D eigenvalue weighted by molar-refractivity contribution is 0.399. The van der Waals surface area contributed by atoms with E-state index in [2.05, 4.69) is 32.1 Å². The van der Waals surface area contributed by atoms with E-state index in [1.807, 2.05) is 26.2 Å². The number of sulfonamides is 1. The van der Waals surface area contributed by atoms with Crippen molar-refractivity contribution in [2.45, 2.75) is 29.8 Å². The smallest absolute Gasteiger partial charge is 0.266 e. The standard InChI is InChI=1S/C21H22ClFN4O2S2/c1-27(2)11-14-5-3-4-6-15(14)21(7-8-21)25-18-10-17(23)19(9-16(18)22)31(28,29)26-20-12-30-13-24-20/h3-6,9-10,12-13,25-26H,7-8,11H2,1-2H3. The summed E-state index contributed by atoms with van der Waals surface area (Å²) in [5.74, 6) is -0.746.